The minimum absolute atomic E-state index is 0.0659. The number of nitro groups is 1. The van der Waals surface area contributed by atoms with Crippen molar-refractivity contribution >= 4 is 17.3 Å². The number of hydrogen-bond donors (Lipinski definition) is 0. The Balaban J connectivity index is 2.52. The zero-order chi connectivity index (χ0) is 11.7. The number of tetrazole rings is 1. The topological polar surface area (TPSA) is 86.7 Å². The van der Waals surface area contributed by atoms with Crippen molar-refractivity contribution in [3.63, 3.8) is 0 Å². The third-order valence-corrected chi connectivity index (χ3v) is 2.34. The molecule has 16 heavy (non-hydrogen) atoms. The van der Waals surface area contributed by atoms with Gasteiger partial charge in [0.25, 0.3) is 5.69 Å². The SMILES string of the molecule is Cn1nnnc1-c1ccc([N+](=O)[O-])cc1Cl. The molecule has 2 rings (SSSR count). The average molecular weight is 240 g/mol. The van der Waals surface area contributed by atoms with E-state index in [0.29, 0.717) is 11.4 Å². The Hall–Kier alpha value is -2.02. The van der Waals surface area contributed by atoms with Crippen LogP contribution in [-0.2, 0) is 7.05 Å². The van der Waals surface area contributed by atoms with Crippen LogP contribution >= 0.6 is 11.6 Å². The van der Waals surface area contributed by atoms with Crippen molar-refractivity contribution in [1.29, 1.82) is 0 Å². The molecule has 0 atom stereocenters. The van der Waals surface area contributed by atoms with Gasteiger partial charge in [0.05, 0.1) is 9.95 Å². The lowest BCUT2D eigenvalue weighted by Crippen LogP contribution is -1.96. The van der Waals surface area contributed by atoms with Crippen molar-refractivity contribution in [2.45, 2.75) is 0 Å². The normalized spacial score (nSPS) is 10.4. The van der Waals surface area contributed by atoms with E-state index in [9.17, 15) is 10.1 Å². The van der Waals surface area contributed by atoms with Crippen molar-refractivity contribution in [1.82, 2.24) is 20.2 Å². The summed E-state index contributed by atoms with van der Waals surface area (Å²) in [5, 5.41) is 21.7. The Bertz CT molecular complexity index is 553. The second-order valence-electron chi connectivity index (χ2n) is 3.05. The van der Waals surface area contributed by atoms with Crippen molar-refractivity contribution in [3.8, 4) is 11.4 Å². The molecule has 82 valence electrons. The summed E-state index contributed by atoms with van der Waals surface area (Å²) in [6.07, 6.45) is 0. The van der Waals surface area contributed by atoms with Crippen molar-refractivity contribution < 1.29 is 4.92 Å². The Morgan fingerprint density at radius 3 is 2.75 bits per heavy atom. The predicted octanol–water partition coefficient (Wildman–Crippen LogP) is 1.44. The highest BCUT2D eigenvalue weighted by atomic mass is 35.5. The van der Waals surface area contributed by atoms with E-state index in [2.05, 4.69) is 15.5 Å². The van der Waals surface area contributed by atoms with E-state index >= 15 is 0 Å². The average Bonchev–Trinajstić information content (AvgIpc) is 2.64. The molecule has 0 saturated heterocycles. The number of aromatic nitrogens is 4. The summed E-state index contributed by atoms with van der Waals surface area (Å²) < 4.78 is 1.44. The molecule has 0 amide bonds. The molecule has 0 radical (unpaired) electrons. The van der Waals surface area contributed by atoms with Crippen molar-refractivity contribution in [3.05, 3.63) is 33.3 Å². The van der Waals surface area contributed by atoms with Gasteiger partial charge in [-0.05, 0) is 16.5 Å². The number of hydrogen-bond acceptors (Lipinski definition) is 5. The Morgan fingerprint density at radius 2 is 2.25 bits per heavy atom. The highest BCUT2D eigenvalue weighted by molar-refractivity contribution is 6.33. The lowest BCUT2D eigenvalue weighted by Gasteiger charge is -2.01. The van der Waals surface area contributed by atoms with E-state index in [0.717, 1.165) is 0 Å². The number of non-ortho nitro benzene ring substituents is 1. The van der Waals surface area contributed by atoms with Crippen molar-refractivity contribution in [2.75, 3.05) is 0 Å². The van der Waals surface area contributed by atoms with Gasteiger partial charge in [-0.2, -0.15) is 0 Å². The summed E-state index contributed by atoms with van der Waals surface area (Å²) in [5.41, 5.74) is 0.489. The van der Waals surface area contributed by atoms with E-state index in [1.165, 1.54) is 22.9 Å². The van der Waals surface area contributed by atoms with E-state index in [4.69, 9.17) is 11.6 Å². The van der Waals surface area contributed by atoms with Crippen LogP contribution in [0, 0.1) is 10.1 Å². The van der Waals surface area contributed by atoms with Crippen molar-refractivity contribution in [2.24, 2.45) is 7.05 Å². The molecule has 0 spiro atoms. The van der Waals surface area contributed by atoms with E-state index in [1.54, 1.807) is 7.05 Å². The third kappa shape index (κ3) is 1.72. The van der Waals surface area contributed by atoms with Crippen LogP contribution in [0.4, 0.5) is 5.69 Å². The Labute approximate surface area is 94.8 Å². The molecule has 0 aliphatic heterocycles. The molecule has 2 aromatic rings. The fourth-order valence-electron chi connectivity index (χ4n) is 1.26. The van der Waals surface area contributed by atoms with E-state index in [1.807, 2.05) is 0 Å². The maximum atomic E-state index is 10.5. The maximum absolute atomic E-state index is 10.5. The van der Waals surface area contributed by atoms with Crippen LogP contribution in [0.15, 0.2) is 18.2 Å². The molecule has 1 aromatic carbocycles. The standard InChI is InChI=1S/C8H6ClN5O2/c1-13-8(10-11-12-13)6-3-2-5(14(15)16)4-7(6)9/h2-4H,1H3. The monoisotopic (exact) mass is 239 g/mol. The summed E-state index contributed by atoms with van der Waals surface area (Å²) in [6, 6.07) is 4.15. The van der Waals surface area contributed by atoms with Gasteiger partial charge in [-0.15, -0.1) is 5.10 Å². The molecule has 0 unspecified atom stereocenters. The number of rotatable bonds is 2. The first-order valence-corrected chi connectivity index (χ1v) is 4.64. The van der Waals surface area contributed by atoms with Gasteiger partial charge in [0.1, 0.15) is 0 Å². The van der Waals surface area contributed by atoms with Gasteiger partial charge in [-0.3, -0.25) is 10.1 Å². The number of nitro benzene ring substituents is 1. The van der Waals surface area contributed by atoms with Crippen LogP contribution in [0.3, 0.4) is 0 Å². The summed E-state index contributed by atoms with van der Waals surface area (Å²) in [4.78, 5) is 10.0. The third-order valence-electron chi connectivity index (χ3n) is 2.02. The van der Waals surface area contributed by atoms with Crippen LogP contribution < -0.4 is 0 Å². The molecular weight excluding hydrogens is 234 g/mol. The van der Waals surface area contributed by atoms with Gasteiger partial charge in [-0.1, -0.05) is 11.6 Å². The van der Waals surface area contributed by atoms with Gasteiger partial charge in [0.15, 0.2) is 5.82 Å². The van der Waals surface area contributed by atoms with E-state index in [-0.39, 0.29) is 10.7 Å². The largest absolute Gasteiger partial charge is 0.270 e. The summed E-state index contributed by atoms with van der Waals surface area (Å²) in [6.45, 7) is 0. The second kappa shape index (κ2) is 3.86. The van der Waals surface area contributed by atoms with Crippen LogP contribution in [0.1, 0.15) is 0 Å². The molecule has 0 aliphatic carbocycles. The van der Waals surface area contributed by atoms with E-state index < -0.39 is 4.92 Å². The van der Waals surface area contributed by atoms with Crippen LogP contribution in [0.2, 0.25) is 5.02 Å². The second-order valence-corrected chi connectivity index (χ2v) is 3.45. The quantitative estimate of drug-likeness (QED) is 0.585. The first-order valence-electron chi connectivity index (χ1n) is 4.26. The molecule has 1 heterocycles. The summed E-state index contributed by atoms with van der Waals surface area (Å²) in [7, 11) is 1.66. The minimum Gasteiger partial charge on any atom is -0.258 e. The smallest absolute Gasteiger partial charge is 0.258 e. The van der Waals surface area contributed by atoms with Gasteiger partial charge in [0.2, 0.25) is 0 Å². The zero-order valence-electron chi connectivity index (χ0n) is 8.16. The highest BCUT2D eigenvalue weighted by Gasteiger charge is 2.14. The zero-order valence-corrected chi connectivity index (χ0v) is 8.92. The number of benzene rings is 1. The summed E-state index contributed by atoms with van der Waals surface area (Å²) in [5.74, 6) is 0.458. The molecule has 0 N–H and O–H groups in total. The van der Waals surface area contributed by atoms with Gasteiger partial charge in [-0.25, -0.2) is 4.68 Å². The fourth-order valence-corrected chi connectivity index (χ4v) is 1.52. The number of halogens is 1. The van der Waals surface area contributed by atoms with Crippen LogP contribution in [0.5, 0.6) is 0 Å². The molecular formula is C8H6ClN5O2. The molecule has 8 heteroatoms. The molecule has 0 fully saturated rings. The van der Waals surface area contributed by atoms with Gasteiger partial charge in [0, 0.05) is 24.7 Å². The van der Waals surface area contributed by atoms with Gasteiger partial charge < -0.3 is 0 Å². The summed E-state index contributed by atoms with van der Waals surface area (Å²) >= 11 is 5.92. The molecule has 0 aliphatic rings. The minimum atomic E-state index is -0.509. The first-order chi connectivity index (χ1) is 7.59. The fraction of sp³-hybridized carbons (Fsp3) is 0.125. The lowest BCUT2D eigenvalue weighted by atomic mass is 10.2. The Morgan fingerprint density at radius 1 is 1.50 bits per heavy atom. The maximum Gasteiger partial charge on any atom is 0.270 e. The number of aryl methyl sites for hydroxylation is 1. The predicted molar refractivity (Wildman–Crippen MR) is 55.9 cm³/mol. The van der Waals surface area contributed by atoms with Crippen LogP contribution in [0.25, 0.3) is 11.4 Å². The lowest BCUT2D eigenvalue weighted by molar-refractivity contribution is -0.384. The molecule has 0 saturated carbocycles. The van der Waals surface area contributed by atoms with Crippen LogP contribution in [-0.4, -0.2) is 25.1 Å². The highest BCUT2D eigenvalue weighted by Crippen LogP contribution is 2.28. The molecule has 0 bridgehead atoms. The van der Waals surface area contributed by atoms with Gasteiger partial charge >= 0.3 is 0 Å². The molecule has 1 aromatic heterocycles. The first kappa shape index (κ1) is 10.5. The Kier molecular flexibility index (Phi) is 2.53. The molecule has 7 nitrogen and oxygen atoms in total. The number of nitrogens with zero attached hydrogens (tertiary/aromatic N) is 5.